The molecule has 0 aliphatic heterocycles. The Hall–Kier alpha value is -2.02. The standard InChI is InChI=1S/C18H18N2O2S2/c1-14-7-9-15(10-8-14)18-20-16(13-23-18)11-12-19-24(21,22)17-5-3-2-4-6-17/h2-10,13,19H,11-12H2,1H3. The second-order valence-corrected chi connectivity index (χ2v) is 8.10. The molecule has 0 saturated carbocycles. The summed E-state index contributed by atoms with van der Waals surface area (Å²) in [6, 6.07) is 16.6. The Kier molecular flexibility index (Phi) is 5.08. The van der Waals surface area contributed by atoms with Crippen LogP contribution in [0.15, 0.2) is 64.9 Å². The van der Waals surface area contributed by atoms with Crippen molar-refractivity contribution >= 4 is 21.4 Å². The third-order valence-electron chi connectivity index (χ3n) is 3.58. The molecule has 1 N–H and O–H groups in total. The van der Waals surface area contributed by atoms with E-state index in [1.165, 1.54) is 5.56 Å². The van der Waals surface area contributed by atoms with Gasteiger partial charge in [0.05, 0.1) is 10.6 Å². The minimum Gasteiger partial charge on any atom is -0.241 e. The van der Waals surface area contributed by atoms with Crippen LogP contribution in [-0.4, -0.2) is 19.9 Å². The van der Waals surface area contributed by atoms with Crippen molar-refractivity contribution in [1.82, 2.24) is 9.71 Å². The fraction of sp³-hybridized carbons (Fsp3) is 0.167. The van der Waals surface area contributed by atoms with Crippen LogP contribution in [0.2, 0.25) is 0 Å². The van der Waals surface area contributed by atoms with E-state index < -0.39 is 10.0 Å². The van der Waals surface area contributed by atoms with Gasteiger partial charge in [-0.1, -0.05) is 48.0 Å². The van der Waals surface area contributed by atoms with Gasteiger partial charge in [-0.2, -0.15) is 0 Å². The Morgan fingerprint density at radius 2 is 1.75 bits per heavy atom. The molecule has 0 fully saturated rings. The molecule has 0 amide bonds. The highest BCUT2D eigenvalue weighted by Crippen LogP contribution is 2.24. The van der Waals surface area contributed by atoms with Gasteiger partial charge in [-0.15, -0.1) is 11.3 Å². The molecule has 24 heavy (non-hydrogen) atoms. The molecule has 0 aliphatic rings. The van der Waals surface area contributed by atoms with Gasteiger partial charge in [0, 0.05) is 23.9 Å². The van der Waals surface area contributed by atoms with E-state index in [1.54, 1.807) is 41.7 Å². The summed E-state index contributed by atoms with van der Waals surface area (Å²) in [6.45, 7) is 2.38. The van der Waals surface area contributed by atoms with Gasteiger partial charge in [0.15, 0.2) is 0 Å². The topological polar surface area (TPSA) is 59.1 Å². The van der Waals surface area contributed by atoms with Gasteiger partial charge in [0.2, 0.25) is 10.0 Å². The van der Waals surface area contributed by atoms with Gasteiger partial charge in [-0.3, -0.25) is 0 Å². The largest absolute Gasteiger partial charge is 0.241 e. The molecule has 1 aromatic heterocycles. The first-order chi connectivity index (χ1) is 11.5. The molecule has 0 saturated heterocycles. The SMILES string of the molecule is Cc1ccc(-c2nc(CCNS(=O)(=O)c3ccccc3)cs2)cc1. The van der Waals surface area contributed by atoms with E-state index >= 15 is 0 Å². The van der Waals surface area contributed by atoms with Crippen molar-refractivity contribution in [3.63, 3.8) is 0 Å². The van der Waals surface area contributed by atoms with Crippen molar-refractivity contribution in [2.45, 2.75) is 18.2 Å². The molecule has 0 unspecified atom stereocenters. The van der Waals surface area contributed by atoms with Gasteiger partial charge >= 0.3 is 0 Å². The highest BCUT2D eigenvalue weighted by atomic mass is 32.2. The zero-order valence-electron chi connectivity index (χ0n) is 13.3. The summed E-state index contributed by atoms with van der Waals surface area (Å²) >= 11 is 1.57. The first-order valence-corrected chi connectivity index (χ1v) is 9.97. The van der Waals surface area contributed by atoms with Crippen LogP contribution in [0.5, 0.6) is 0 Å². The second-order valence-electron chi connectivity index (χ2n) is 5.47. The maximum atomic E-state index is 12.2. The predicted molar refractivity (Wildman–Crippen MR) is 97.6 cm³/mol. The number of nitrogens with one attached hydrogen (secondary N) is 1. The molecule has 0 bridgehead atoms. The fourth-order valence-electron chi connectivity index (χ4n) is 2.25. The molecular weight excluding hydrogens is 340 g/mol. The van der Waals surface area contributed by atoms with Gasteiger partial charge in [0.1, 0.15) is 5.01 Å². The number of aryl methyl sites for hydroxylation is 1. The molecule has 0 spiro atoms. The molecule has 4 nitrogen and oxygen atoms in total. The van der Waals surface area contributed by atoms with Gasteiger partial charge in [0.25, 0.3) is 0 Å². The quantitative estimate of drug-likeness (QED) is 0.732. The molecular formula is C18H18N2O2S2. The lowest BCUT2D eigenvalue weighted by Gasteiger charge is -2.05. The minimum atomic E-state index is -3.45. The zero-order valence-corrected chi connectivity index (χ0v) is 14.9. The minimum absolute atomic E-state index is 0.281. The van der Waals surface area contributed by atoms with E-state index in [9.17, 15) is 8.42 Å². The maximum Gasteiger partial charge on any atom is 0.240 e. The second kappa shape index (κ2) is 7.25. The third-order valence-corrected chi connectivity index (χ3v) is 5.99. The van der Waals surface area contributed by atoms with E-state index in [1.807, 2.05) is 5.38 Å². The Morgan fingerprint density at radius 3 is 2.46 bits per heavy atom. The number of nitrogens with zero attached hydrogens (tertiary/aromatic N) is 1. The Morgan fingerprint density at radius 1 is 1.04 bits per heavy atom. The summed E-state index contributed by atoms with van der Waals surface area (Å²) in [6.07, 6.45) is 0.564. The maximum absolute atomic E-state index is 12.2. The number of rotatable bonds is 6. The highest BCUT2D eigenvalue weighted by Gasteiger charge is 2.13. The van der Waals surface area contributed by atoms with Crippen LogP contribution >= 0.6 is 11.3 Å². The summed E-state index contributed by atoms with van der Waals surface area (Å²) in [7, 11) is -3.45. The smallest absolute Gasteiger partial charge is 0.240 e. The van der Waals surface area contributed by atoms with E-state index in [2.05, 4.69) is 40.9 Å². The first kappa shape index (κ1) is 16.8. The van der Waals surface area contributed by atoms with Crippen molar-refractivity contribution in [2.24, 2.45) is 0 Å². The van der Waals surface area contributed by atoms with E-state index in [0.717, 1.165) is 16.3 Å². The molecule has 124 valence electrons. The van der Waals surface area contributed by atoms with Gasteiger partial charge in [-0.05, 0) is 19.1 Å². The van der Waals surface area contributed by atoms with Crippen molar-refractivity contribution < 1.29 is 8.42 Å². The number of hydrogen-bond donors (Lipinski definition) is 1. The summed E-state index contributed by atoms with van der Waals surface area (Å²) < 4.78 is 26.9. The van der Waals surface area contributed by atoms with Crippen LogP contribution < -0.4 is 4.72 Å². The van der Waals surface area contributed by atoms with Gasteiger partial charge in [-0.25, -0.2) is 18.1 Å². The normalized spacial score (nSPS) is 11.5. The van der Waals surface area contributed by atoms with Gasteiger partial charge < -0.3 is 0 Å². The van der Waals surface area contributed by atoms with Crippen LogP contribution in [0.25, 0.3) is 10.6 Å². The lowest BCUT2D eigenvalue weighted by Crippen LogP contribution is -2.26. The Bertz CT molecular complexity index is 902. The molecule has 6 heteroatoms. The first-order valence-electron chi connectivity index (χ1n) is 7.61. The van der Waals surface area contributed by atoms with Crippen molar-refractivity contribution in [3.8, 4) is 10.6 Å². The monoisotopic (exact) mass is 358 g/mol. The predicted octanol–water partition coefficient (Wildman–Crippen LogP) is 3.64. The fourth-order valence-corrected chi connectivity index (χ4v) is 4.16. The molecule has 3 rings (SSSR count). The molecule has 3 aromatic rings. The average Bonchev–Trinajstić information content (AvgIpc) is 3.05. The molecule has 0 radical (unpaired) electrons. The van der Waals surface area contributed by atoms with Crippen LogP contribution in [0, 0.1) is 6.92 Å². The summed E-state index contributed by atoms with van der Waals surface area (Å²) in [5.41, 5.74) is 3.19. The molecule has 2 aromatic carbocycles. The number of aromatic nitrogens is 1. The van der Waals surface area contributed by atoms with Crippen molar-refractivity contribution in [3.05, 3.63) is 71.2 Å². The summed E-state index contributed by atoms with van der Waals surface area (Å²) in [5, 5.41) is 2.93. The Balaban J connectivity index is 1.61. The van der Waals surface area contributed by atoms with Crippen LogP contribution in [0.1, 0.15) is 11.3 Å². The van der Waals surface area contributed by atoms with Crippen LogP contribution in [-0.2, 0) is 16.4 Å². The Labute approximate surface area is 146 Å². The summed E-state index contributed by atoms with van der Waals surface area (Å²) in [4.78, 5) is 4.87. The summed E-state index contributed by atoms with van der Waals surface area (Å²) in [5.74, 6) is 0. The van der Waals surface area contributed by atoms with E-state index in [0.29, 0.717) is 13.0 Å². The zero-order chi connectivity index (χ0) is 17.0. The number of sulfonamides is 1. The number of hydrogen-bond acceptors (Lipinski definition) is 4. The average molecular weight is 358 g/mol. The van der Waals surface area contributed by atoms with Crippen LogP contribution in [0.4, 0.5) is 0 Å². The highest BCUT2D eigenvalue weighted by molar-refractivity contribution is 7.89. The van der Waals surface area contributed by atoms with E-state index in [-0.39, 0.29) is 4.90 Å². The van der Waals surface area contributed by atoms with Crippen LogP contribution in [0.3, 0.4) is 0 Å². The number of benzene rings is 2. The van der Waals surface area contributed by atoms with E-state index in [4.69, 9.17) is 0 Å². The van der Waals surface area contributed by atoms with Crippen molar-refractivity contribution in [1.29, 1.82) is 0 Å². The van der Waals surface area contributed by atoms with Crippen molar-refractivity contribution in [2.75, 3.05) is 6.54 Å². The molecule has 0 atom stereocenters. The molecule has 1 heterocycles. The number of thiazole rings is 1. The molecule has 0 aliphatic carbocycles. The lowest BCUT2D eigenvalue weighted by molar-refractivity contribution is 0.581. The third kappa shape index (κ3) is 4.08. The lowest BCUT2D eigenvalue weighted by atomic mass is 10.2.